The molecule has 3 aromatic carbocycles. The van der Waals surface area contributed by atoms with E-state index >= 15 is 0 Å². The zero-order chi connectivity index (χ0) is 24.8. The number of halogens is 1. The van der Waals surface area contributed by atoms with E-state index in [1.807, 2.05) is 25.1 Å². The first-order valence-electron chi connectivity index (χ1n) is 10.6. The maximum absolute atomic E-state index is 13.8. The molecule has 0 radical (unpaired) electrons. The lowest BCUT2D eigenvalue weighted by atomic mass is 10.2. The van der Waals surface area contributed by atoms with Crippen molar-refractivity contribution in [1.82, 2.24) is 20.1 Å². The molecule has 0 atom stereocenters. The number of aromatic nitrogens is 3. The minimum absolute atomic E-state index is 0.00468. The molecule has 2 amide bonds. The second kappa shape index (κ2) is 10.8. The number of aryl methyl sites for hydroxylation is 1. The van der Waals surface area contributed by atoms with E-state index in [0.717, 1.165) is 11.1 Å². The van der Waals surface area contributed by atoms with Gasteiger partial charge in [-0.15, -0.1) is 10.2 Å². The molecule has 0 unspecified atom stereocenters. The van der Waals surface area contributed by atoms with Crippen LogP contribution in [0.1, 0.15) is 17.0 Å². The lowest BCUT2D eigenvalue weighted by molar-refractivity contribution is -0.384. The first-order valence-corrected chi connectivity index (χ1v) is 11.6. The summed E-state index contributed by atoms with van der Waals surface area (Å²) in [4.78, 5) is 22.9. The van der Waals surface area contributed by atoms with E-state index in [1.54, 1.807) is 22.8 Å². The summed E-state index contributed by atoms with van der Waals surface area (Å²) in [7, 11) is 0. The molecule has 0 aliphatic heterocycles. The summed E-state index contributed by atoms with van der Waals surface area (Å²) in [6, 6.07) is 19.3. The lowest BCUT2D eigenvalue weighted by Gasteiger charge is -2.12. The van der Waals surface area contributed by atoms with Gasteiger partial charge in [0, 0.05) is 23.6 Å². The van der Waals surface area contributed by atoms with Crippen LogP contribution in [0.15, 0.2) is 78.0 Å². The summed E-state index contributed by atoms with van der Waals surface area (Å²) in [5.74, 6) is 0.495. The van der Waals surface area contributed by atoms with Gasteiger partial charge < -0.3 is 10.6 Å². The largest absolute Gasteiger partial charge is 0.331 e. The zero-order valence-electron chi connectivity index (χ0n) is 18.6. The molecule has 0 bridgehead atoms. The van der Waals surface area contributed by atoms with Crippen LogP contribution in [0.4, 0.5) is 20.6 Å². The Labute approximate surface area is 204 Å². The maximum Gasteiger partial charge on any atom is 0.319 e. The fourth-order valence-electron chi connectivity index (χ4n) is 3.33. The van der Waals surface area contributed by atoms with Crippen LogP contribution in [0, 0.1) is 22.9 Å². The van der Waals surface area contributed by atoms with Crippen molar-refractivity contribution in [3.8, 4) is 5.69 Å². The number of benzene rings is 3. The molecule has 0 aliphatic carbocycles. The lowest BCUT2D eigenvalue weighted by Crippen LogP contribution is -2.29. The van der Waals surface area contributed by atoms with Crippen molar-refractivity contribution in [2.24, 2.45) is 0 Å². The summed E-state index contributed by atoms with van der Waals surface area (Å²) in [5.41, 5.74) is 2.87. The van der Waals surface area contributed by atoms with E-state index in [1.165, 1.54) is 42.1 Å². The van der Waals surface area contributed by atoms with Gasteiger partial charge in [0.05, 0.1) is 17.2 Å². The molecular weight excluding hydrogens is 471 g/mol. The van der Waals surface area contributed by atoms with Gasteiger partial charge in [-0.05, 0) is 36.8 Å². The van der Waals surface area contributed by atoms with Gasteiger partial charge in [0.2, 0.25) is 0 Å². The van der Waals surface area contributed by atoms with Crippen LogP contribution in [-0.4, -0.2) is 25.7 Å². The molecule has 0 fully saturated rings. The minimum Gasteiger partial charge on any atom is -0.331 e. The zero-order valence-corrected chi connectivity index (χ0v) is 19.5. The fraction of sp³-hybridized carbons (Fsp3) is 0.125. The highest BCUT2D eigenvalue weighted by Gasteiger charge is 2.17. The highest BCUT2D eigenvalue weighted by molar-refractivity contribution is 7.98. The Bertz CT molecular complexity index is 1360. The van der Waals surface area contributed by atoms with Crippen LogP contribution in [0.25, 0.3) is 5.69 Å². The third kappa shape index (κ3) is 6.01. The first-order chi connectivity index (χ1) is 16.9. The molecule has 178 valence electrons. The Morgan fingerprint density at radius 3 is 2.57 bits per heavy atom. The van der Waals surface area contributed by atoms with Crippen LogP contribution < -0.4 is 10.6 Å². The number of carbonyl (C=O) groups is 1. The number of carbonyl (C=O) groups excluding carboxylic acids is 1. The number of nitrogens with one attached hydrogen (secondary N) is 2. The molecule has 9 nitrogen and oxygen atoms in total. The van der Waals surface area contributed by atoms with Crippen LogP contribution in [-0.2, 0) is 12.3 Å². The number of para-hydroxylation sites is 1. The molecule has 0 saturated heterocycles. The van der Waals surface area contributed by atoms with Crippen molar-refractivity contribution in [3.05, 3.63) is 106 Å². The van der Waals surface area contributed by atoms with Crippen molar-refractivity contribution in [2.45, 2.75) is 24.4 Å². The molecule has 1 aromatic heterocycles. The van der Waals surface area contributed by atoms with Crippen molar-refractivity contribution in [2.75, 3.05) is 5.32 Å². The van der Waals surface area contributed by atoms with Crippen molar-refractivity contribution < 1.29 is 14.1 Å². The maximum atomic E-state index is 13.8. The van der Waals surface area contributed by atoms with E-state index in [-0.39, 0.29) is 17.9 Å². The van der Waals surface area contributed by atoms with E-state index in [0.29, 0.717) is 22.4 Å². The number of urea groups is 1. The van der Waals surface area contributed by atoms with E-state index < -0.39 is 16.8 Å². The number of nitrogens with zero attached hydrogens (tertiary/aromatic N) is 4. The third-order valence-electron chi connectivity index (χ3n) is 5.00. The molecule has 1 heterocycles. The number of hydrogen-bond donors (Lipinski definition) is 2. The fourth-order valence-corrected chi connectivity index (χ4v) is 4.24. The number of nitro groups is 1. The molecule has 0 aliphatic rings. The number of anilines is 1. The molecule has 0 spiro atoms. The Morgan fingerprint density at radius 2 is 1.86 bits per heavy atom. The van der Waals surface area contributed by atoms with Crippen LogP contribution in [0.5, 0.6) is 0 Å². The number of nitro benzene ring substituents is 1. The number of non-ortho nitro benzene ring substituents is 1. The molecule has 11 heteroatoms. The Kier molecular flexibility index (Phi) is 7.36. The van der Waals surface area contributed by atoms with Crippen molar-refractivity contribution in [3.63, 3.8) is 0 Å². The summed E-state index contributed by atoms with van der Waals surface area (Å²) in [6.45, 7) is 2.01. The van der Waals surface area contributed by atoms with E-state index in [2.05, 4.69) is 26.9 Å². The SMILES string of the molecule is Cc1cccc(CSc2nnc(CNC(=O)Nc3ccccc3F)n2-c2ccc([N+](=O)[O-])cc2)c1. The van der Waals surface area contributed by atoms with Gasteiger partial charge in [-0.2, -0.15) is 0 Å². The monoisotopic (exact) mass is 492 g/mol. The molecule has 2 N–H and O–H groups in total. The molecule has 35 heavy (non-hydrogen) atoms. The number of amides is 2. The Morgan fingerprint density at radius 1 is 1.09 bits per heavy atom. The third-order valence-corrected chi connectivity index (χ3v) is 6.00. The summed E-state index contributed by atoms with van der Waals surface area (Å²) < 4.78 is 15.6. The van der Waals surface area contributed by atoms with Crippen LogP contribution >= 0.6 is 11.8 Å². The molecular formula is C24H21FN6O3S. The number of rotatable bonds is 8. The average molecular weight is 493 g/mol. The summed E-state index contributed by atoms with van der Waals surface area (Å²) in [6.07, 6.45) is 0. The predicted molar refractivity (Wildman–Crippen MR) is 131 cm³/mol. The van der Waals surface area contributed by atoms with Gasteiger partial charge in [-0.1, -0.05) is 53.7 Å². The van der Waals surface area contributed by atoms with Gasteiger partial charge in [0.1, 0.15) is 5.82 Å². The van der Waals surface area contributed by atoms with Gasteiger partial charge in [-0.3, -0.25) is 14.7 Å². The van der Waals surface area contributed by atoms with Gasteiger partial charge in [0.15, 0.2) is 11.0 Å². The number of hydrogen-bond acceptors (Lipinski definition) is 6. The highest BCUT2D eigenvalue weighted by atomic mass is 32.2. The van der Waals surface area contributed by atoms with Crippen LogP contribution in [0.2, 0.25) is 0 Å². The highest BCUT2D eigenvalue weighted by Crippen LogP contribution is 2.26. The van der Waals surface area contributed by atoms with Crippen molar-refractivity contribution in [1.29, 1.82) is 0 Å². The molecule has 4 rings (SSSR count). The smallest absolute Gasteiger partial charge is 0.319 e. The first kappa shape index (κ1) is 23.9. The van der Waals surface area contributed by atoms with E-state index in [4.69, 9.17) is 0 Å². The quantitative estimate of drug-likeness (QED) is 0.198. The summed E-state index contributed by atoms with van der Waals surface area (Å²) in [5, 5.41) is 25.2. The van der Waals surface area contributed by atoms with Gasteiger partial charge >= 0.3 is 6.03 Å². The minimum atomic E-state index is -0.609. The van der Waals surface area contributed by atoms with E-state index in [9.17, 15) is 19.3 Å². The van der Waals surface area contributed by atoms with Gasteiger partial charge in [0.25, 0.3) is 5.69 Å². The Hall–Kier alpha value is -4.25. The van der Waals surface area contributed by atoms with Gasteiger partial charge in [-0.25, -0.2) is 9.18 Å². The van der Waals surface area contributed by atoms with Crippen LogP contribution in [0.3, 0.4) is 0 Å². The standard InChI is InChI=1S/C24H21FN6O3S/c1-16-5-4-6-17(13-16)15-35-24-29-28-22(30(24)18-9-11-19(12-10-18)31(33)34)14-26-23(32)27-21-8-3-2-7-20(21)25/h2-13H,14-15H2,1H3,(H2,26,27,32). The second-order valence-corrected chi connectivity index (χ2v) is 8.52. The normalized spacial score (nSPS) is 10.7. The predicted octanol–water partition coefficient (Wildman–Crippen LogP) is 5.24. The molecule has 0 saturated carbocycles. The average Bonchev–Trinajstić information content (AvgIpc) is 3.26. The topological polar surface area (TPSA) is 115 Å². The second-order valence-electron chi connectivity index (χ2n) is 7.57. The molecule has 4 aromatic rings. The number of thioether (sulfide) groups is 1. The summed E-state index contributed by atoms with van der Waals surface area (Å²) >= 11 is 1.45. The van der Waals surface area contributed by atoms with Crippen molar-refractivity contribution >= 4 is 29.2 Å². The Balaban J connectivity index is 1.55.